The number of thiazole rings is 1. The molecule has 4 aliphatic rings. The second-order valence-corrected chi connectivity index (χ2v) is 35.7. The Morgan fingerprint density at radius 1 is 0.435 bits per heavy atom. The number of benzene rings is 8. The Morgan fingerprint density at radius 2 is 0.763 bits per heavy atom. The van der Waals surface area contributed by atoms with Gasteiger partial charge in [-0.3, -0.25) is 59.3 Å². The lowest BCUT2D eigenvalue weighted by atomic mass is 9.88. The molecular weight excluding hydrogens is 1850 g/mol. The van der Waals surface area contributed by atoms with Crippen molar-refractivity contribution in [2.24, 2.45) is 20.6 Å². The summed E-state index contributed by atoms with van der Waals surface area (Å²) in [5.41, 5.74) is 16.4. The van der Waals surface area contributed by atoms with Crippen molar-refractivity contribution in [1.29, 1.82) is 5.41 Å². The second-order valence-electron chi connectivity index (χ2n) is 31.5. The highest BCUT2D eigenvalue weighted by Crippen LogP contribution is 2.44. The molecular formula is C100H103Cl8N11O11S. The first-order valence-electron chi connectivity index (χ1n) is 40.0. The fourth-order valence-electron chi connectivity index (χ4n) is 14.6. The number of hydrogen-bond acceptors (Lipinski definition) is 20. The number of nitrogens with one attached hydrogen (secondary N) is 2. The molecule has 131 heavy (non-hydrogen) atoms. The van der Waals surface area contributed by atoms with Gasteiger partial charge in [-0.2, -0.15) is 0 Å². The molecule has 31 heteroatoms. The van der Waals surface area contributed by atoms with Gasteiger partial charge >= 0.3 is 0 Å². The lowest BCUT2D eigenvalue weighted by molar-refractivity contribution is -0.129. The van der Waals surface area contributed by atoms with Crippen molar-refractivity contribution < 1.29 is 52.9 Å². The van der Waals surface area contributed by atoms with Crippen LogP contribution < -0.4 is 5.32 Å². The third-order valence-electron chi connectivity index (χ3n) is 21.7. The van der Waals surface area contributed by atoms with Crippen molar-refractivity contribution in [3.63, 3.8) is 0 Å². The highest BCUT2D eigenvalue weighted by molar-refractivity contribution is 7.07. The number of amides is 5. The van der Waals surface area contributed by atoms with E-state index in [1.807, 2.05) is 182 Å². The van der Waals surface area contributed by atoms with E-state index in [0.717, 1.165) is 101 Å². The maximum atomic E-state index is 13.4. The van der Waals surface area contributed by atoms with E-state index in [4.69, 9.17) is 118 Å². The lowest BCUT2D eigenvalue weighted by Gasteiger charge is -2.22. The van der Waals surface area contributed by atoms with Crippen LogP contribution in [0.2, 0.25) is 40.2 Å². The smallest absolute Gasteiger partial charge is 0.288 e. The minimum absolute atomic E-state index is 0. The summed E-state index contributed by atoms with van der Waals surface area (Å²) in [6.45, 7) is 18.6. The minimum Gasteiger partial charge on any atom is -0.468 e. The van der Waals surface area contributed by atoms with Gasteiger partial charge in [0.25, 0.3) is 23.7 Å². The third kappa shape index (κ3) is 26.2. The number of halogens is 8. The predicted molar refractivity (Wildman–Crippen MR) is 527 cm³/mol. The van der Waals surface area contributed by atoms with Crippen LogP contribution in [0.15, 0.2) is 226 Å². The number of aryl methyl sites for hydroxylation is 5. The third-order valence-corrected chi connectivity index (χ3v) is 24.1. The van der Waals surface area contributed by atoms with Crippen molar-refractivity contribution in [2.75, 3.05) is 7.11 Å². The summed E-state index contributed by atoms with van der Waals surface area (Å²) in [6, 6.07) is 54.2. The molecule has 4 aliphatic heterocycles. The summed E-state index contributed by atoms with van der Waals surface area (Å²) in [5, 5.41) is 33.1. The van der Waals surface area contributed by atoms with Crippen LogP contribution in [0, 0.1) is 33.1 Å². The normalized spacial score (nSPS) is 17.1. The molecule has 0 radical (unpaired) electrons. The van der Waals surface area contributed by atoms with Crippen molar-refractivity contribution in [1.82, 2.24) is 30.1 Å². The van der Waals surface area contributed by atoms with Gasteiger partial charge in [-0.25, -0.2) is 4.98 Å². The molecule has 7 heterocycles. The Morgan fingerprint density at radius 3 is 1.07 bits per heavy atom. The SMILES string of the molecule is C.C.C.C.CC(=O)N(Cc1cscn1)C(=O)c1ccc(C2=NOC(C)(c3cc(Cl)cc(Cl)c3)C2)cc1C.CCC(=O)N(Cc1ccccn1)C(=O)c1ccc(C2=NOC(C)(c3cc(Cl)cc(Cl)c3)C2)cc1C.COC(=N)NC(=O)c1ccc(C2=NOC(C)(c3cc(Cl)cc(Cl)c3)C2)cc1C.Cc1cc(C2=NOC(C)(c3cc(Cl)cc(Cl)c3)C2)ccc1C(=O)CCc1ccccn1. The van der Waals surface area contributed by atoms with E-state index in [0.29, 0.717) is 107 Å². The largest absolute Gasteiger partial charge is 0.468 e. The van der Waals surface area contributed by atoms with Crippen LogP contribution in [0.25, 0.3) is 0 Å². The second kappa shape index (κ2) is 45.7. The number of methoxy groups -OCH3 is 1. The number of ether oxygens (including phenoxy) is 1. The summed E-state index contributed by atoms with van der Waals surface area (Å²) in [5.74, 6) is -1.59. The van der Waals surface area contributed by atoms with Crippen LogP contribution >= 0.6 is 104 Å². The van der Waals surface area contributed by atoms with Gasteiger partial charge in [0.15, 0.2) is 28.2 Å². The average Bonchev–Trinajstić information content (AvgIpc) is 1.65. The highest BCUT2D eigenvalue weighted by Gasteiger charge is 2.42. The molecule has 11 aromatic rings. The van der Waals surface area contributed by atoms with E-state index in [1.165, 1.54) is 35.2 Å². The summed E-state index contributed by atoms with van der Waals surface area (Å²) in [7, 11) is 1.32. The van der Waals surface area contributed by atoms with Crippen LogP contribution in [0.5, 0.6) is 0 Å². The molecule has 0 aliphatic carbocycles. The quantitative estimate of drug-likeness (QED) is 0.0408. The van der Waals surface area contributed by atoms with E-state index >= 15 is 0 Å². The number of Topliss-reactive ketones (excluding diaryl/α,β-unsaturated/α-hetero) is 1. The Labute approximate surface area is 809 Å². The van der Waals surface area contributed by atoms with Crippen LogP contribution in [0.1, 0.15) is 235 Å². The van der Waals surface area contributed by atoms with Gasteiger partial charge in [-0.1, -0.05) is 193 Å². The number of amidine groups is 1. The average molecular weight is 1950 g/mol. The minimum atomic E-state index is -0.709. The number of carbonyl (C=O) groups is 6. The zero-order valence-electron chi connectivity index (χ0n) is 70.9. The number of rotatable bonds is 20. The molecule has 0 spiro atoms. The van der Waals surface area contributed by atoms with Crippen molar-refractivity contribution >= 4 is 168 Å². The number of oxime groups is 4. The predicted octanol–water partition coefficient (Wildman–Crippen LogP) is 26.1. The zero-order valence-corrected chi connectivity index (χ0v) is 77.8. The standard InChI is InChI=1S/C27H25Cl2N3O3.C25H22Cl2N2O2.C24H21Cl2N3O3S.C20H19Cl2N3O3.4CH4/c1-4-25(33)32(16-22-7-5-6-10-30-22)26(34)23-9-8-18(11-17(23)2)24-15-27(3,35-31-24)19-12-20(28)14-21(29)13-19;1-16-11-17(6-8-22(16)24(30)9-7-21-5-3-4-10-28-21)23-15-25(2,31-29-23)18-12-19(26)14-20(27)13-18;1-14-6-16(22-10-24(3,32-28-22)17-7-18(25)9-19(26)8-17)4-5-21(14)23(31)29(15(2)30)11-20-12-33-13-27-20;1-11-6-12(4-5-16(11)18(26)24-19(23)27-3)17-10-20(2,28-25-17)13-7-14(21)9-15(22)8-13;;;;/h5-14H,4,15-16H2,1-3H3;3-6,8,10-14H,7,9,15H2,1-2H3;4-9,12-13H,10-11H2,1-3H3;4-9H,10H2,1-3H3,(H2,23,24,26);4*1H4. The molecule has 15 rings (SSSR count). The molecule has 0 saturated heterocycles. The first kappa shape index (κ1) is 105. The maximum absolute atomic E-state index is 13.4. The number of ketones is 1. The van der Waals surface area contributed by atoms with Crippen molar-refractivity contribution in [2.45, 2.75) is 179 Å². The van der Waals surface area contributed by atoms with E-state index in [1.54, 1.807) is 85.5 Å². The van der Waals surface area contributed by atoms with E-state index < -0.39 is 28.3 Å². The van der Waals surface area contributed by atoms with Gasteiger partial charge in [0.2, 0.25) is 11.8 Å². The zero-order chi connectivity index (χ0) is 91.4. The highest BCUT2D eigenvalue weighted by atomic mass is 35.5. The summed E-state index contributed by atoms with van der Waals surface area (Å²) in [6.07, 6.45) is 6.79. The molecule has 0 fully saturated rings. The molecule has 3 aromatic heterocycles. The molecule has 4 atom stereocenters. The topological polar surface area (TPSA) is 279 Å². The number of nitrogens with zero attached hydrogens (tertiary/aromatic N) is 9. The fraction of sp³-hybridized carbons (Fsp3) is 0.280. The molecule has 22 nitrogen and oxygen atoms in total. The van der Waals surface area contributed by atoms with Crippen LogP contribution in [-0.2, 0) is 75.6 Å². The van der Waals surface area contributed by atoms with Gasteiger partial charge in [0.05, 0.1) is 59.9 Å². The van der Waals surface area contributed by atoms with E-state index in [9.17, 15) is 28.8 Å². The molecule has 2 N–H and O–H groups in total. The van der Waals surface area contributed by atoms with E-state index in [-0.39, 0.29) is 84.7 Å². The Bertz CT molecular complexity index is 6120. The first-order valence-corrected chi connectivity index (χ1v) is 44.0. The number of carbonyl (C=O) groups excluding carboxylic acids is 6. The molecule has 5 amide bonds. The number of imide groups is 2. The molecule has 0 bridgehead atoms. The van der Waals surface area contributed by atoms with Gasteiger partial charge in [0, 0.05) is 154 Å². The Balaban J connectivity index is 0.000000214. The Hall–Kier alpha value is -11.2. The maximum Gasteiger partial charge on any atom is 0.288 e. The van der Waals surface area contributed by atoms with Gasteiger partial charge in [-0.05, 0) is 246 Å². The molecule has 4 unspecified atom stereocenters. The Kier molecular flexibility index (Phi) is 36.7. The van der Waals surface area contributed by atoms with Crippen molar-refractivity contribution in [3.05, 3.63) is 352 Å². The van der Waals surface area contributed by atoms with Gasteiger partial charge < -0.3 is 24.1 Å². The summed E-state index contributed by atoms with van der Waals surface area (Å²) in [4.78, 5) is 114. The monoisotopic (exact) mass is 1950 g/mol. The first-order chi connectivity index (χ1) is 60.4. The van der Waals surface area contributed by atoms with Gasteiger partial charge in [-0.15, -0.1) is 11.3 Å². The number of aromatic nitrogens is 3. The lowest BCUT2D eigenvalue weighted by Crippen LogP contribution is -2.36. The van der Waals surface area contributed by atoms with E-state index in [2.05, 4.69) is 45.6 Å². The molecule has 686 valence electrons. The number of hydrogen-bond donors (Lipinski definition) is 2. The van der Waals surface area contributed by atoms with Crippen molar-refractivity contribution in [3.8, 4) is 0 Å². The van der Waals surface area contributed by atoms with Gasteiger partial charge in [0.1, 0.15) is 0 Å². The summed E-state index contributed by atoms with van der Waals surface area (Å²) >= 11 is 50.7. The fourth-order valence-corrected chi connectivity index (χ4v) is 17.3. The summed E-state index contributed by atoms with van der Waals surface area (Å²) < 4.78 is 4.67. The van der Waals surface area contributed by atoms with Crippen LogP contribution in [0.3, 0.4) is 0 Å². The van der Waals surface area contributed by atoms with Crippen LogP contribution in [0.4, 0.5) is 0 Å². The molecule has 0 saturated carbocycles. The molecule has 8 aromatic carbocycles. The number of pyridine rings is 2. The van der Waals surface area contributed by atoms with Crippen LogP contribution in [-0.4, -0.2) is 96.0 Å².